The van der Waals surface area contributed by atoms with Crippen molar-refractivity contribution < 1.29 is 9.53 Å². The molecule has 3 rings (SSSR count). The van der Waals surface area contributed by atoms with Gasteiger partial charge in [0, 0.05) is 0 Å². The van der Waals surface area contributed by atoms with Crippen LogP contribution in [0.3, 0.4) is 0 Å². The number of fused-ring (bicyclic) bond motifs is 1. The van der Waals surface area contributed by atoms with Crippen LogP contribution in [0.5, 0.6) is 5.75 Å². The number of benzene rings is 2. The second-order valence-electron chi connectivity index (χ2n) is 5.61. The zero-order valence-electron chi connectivity index (χ0n) is 12.9. The molecule has 0 bridgehead atoms. The smallest absolute Gasteiger partial charge is 0.228 e. The van der Waals surface area contributed by atoms with Gasteiger partial charge in [-0.3, -0.25) is 4.79 Å². The van der Waals surface area contributed by atoms with Crippen molar-refractivity contribution in [2.75, 3.05) is 11.9 Å². The third-order valence-electron chi connectivity index (χ3n) is 3.99. The summed E-state index contributed by atoms with van der Waals surface area (Å²) in [5, 5.41) is 2.95. The summed E-state index contributed by atoms with van der Waals surface area (Å²) in [5.74, 6) is 0.706. The standard InChI is InChI=1S/C19H21NO2/c1-2-22-18-9-4-3-8-17(18)20-19(21)13-14-10-11-15-6-5-7-16(15)12-14/h3-4,8-12H,2,5-7,13H2,1H3,(H,20,21). The molecule has 1 amide bonds. The van der Waals surface area contributed by atoms with Crippen molar-refractivity contribution in [2.45, 2.75) is 32.6 Å². The fourth-order valence-electron chi connectivity index (χ4n) is 2.97. The number of amides is 1. The summed E-state index contributed by atoms with van der Waals surface area (Å²) in [7, 11) is 0. The highest BCUT2D eigenvalue weighted by molar-refractivity contribution is 5.93. The molecule has 3 heteroatoms. The monoisotopic (exact) mass is 295 g/mol. The third-order valence-corrected chi connectivity index (χ3v) is 3.99. The molecule has 0 aromatic heterocycles. The van der Waals surface area contributed by atoms with Crippen molar-refractivity contribution in [1.29, 1.82) is 0 Å². The van der Waals surface area contributed by atoms with Gasteiger partial charge in [0.2, 0.25) is 5.91 Å². The van der Waals surface area contributed by atoms with E-state index in [-0.39, 0.29) is 5.91 Å². The maximum atomic E-state index is 12.3. The van der Waals surface area contributed by atoms with Crippen molar-refractivity contribution in [3.8, 4) is 5.75 Å². The predicted octanol–water partition coefficient (Wildman–Crippen LogP) is 3.76. The molecule has 1 aliphatic rings. The van der Waals surface area contributed by atoms with Crippen LogP contribution < -0.4 is 10.1 Å². The molecule has 0 radical (unpaired) electrons. The van der Waals surface area contributed by atoms with Gasteiger partial charge >= 0.3 is 0 Å². The average Bonchev–Trinajstić information content (AvgIpc) is 2.97. The van der Waals surface area contributed by atoms with Gasteiger partial charge in [0.15, 0.2) is 0 Å². The Morgan fingerprint density at radius 1 is 1.14 bits per heavy atom. The molecule has 3 nitrogen and oxygen atoms in total. The van der Waals surface area contributed by atoms with Crippen molar-refractivity contribution in [3.05, 3.63) is 59.2 Å². The van der Waals surface area contributed by atoms with Crippen molar-refractivity contribution in [2.24, 2.45) is 0 Å². The van der Waals surface area contributed by atoms with Crippen LogP contribution in [-0.2, 0) is 24.1 Å². The van der Waals surface area contributed by atoms with Gasteiger partial charge < -0.3 is 10.1 Å². The number of carbonyl (C=O) groups excluding carboxylic acids is 1. The Bertz CT molecular complexity index is 679. The minimum absolute atomic E-state index is 0.00917. The van der Waals surface area contributed by atoms with Crippen LogP contribution in [0.1, 0.15) is 30.0 Å². The average molecular weight is 295 g/mol. The molecular weight excluding hydrogens is 274 g/mol. The Balaban J connectivity index is 1.68. The molecule has 0 aliphatic heterocycles. The number of aryl methyl sites for hydroxylation is 2. The summed E-state index contributed by atoms with van der Waals surface area (Å²) in [4.78, 5) is 12.3. The first-order chi connectivity index (χ1) is 10.8. The highest BCUT2D eigenvalue weighted by atomic mass is 16.5. The second-order valence-corrected chi connectivity index (χ2v) is 5.61. The highest BCUT2D eigenvalue weighted by Gasteiger charge is 2.13. The summed E-state index contributed by atoms with van der Waals surface area (Å²) < 4.78 is 5.53. The number of rotatable bonds is 5. The van der Waals surface area contributed by atoms with Crippen LogP contribution in [0.2, 0.25) is 0 Å². The molecule has 2 aromatic carbocycles. The first-order valence-electron chi connectivity index (χ1n) is 7.88. The molecule has 0 saturated heterocycles. The van der Waals surface area contributed by atoms with Gasteiger partial charge in [0.05, 0.1) is 18.7 Å². The Kier molecular flexibility index (Phi) is 4.42. The molecular formula is C19H21NO2. The van der Waals surface area contributed by atoms with Crippen molar-refractivity contribution in [3.63, 3.8) is 0 Å². The number of hydrogen-bond donors (Lipinski definition) is 1. The maximum absolute atomic E-state index is 12.3. The fourth-order valence-corrected chi connectivity index (χ4v) is 2.97. The zero-order valence-corrected chi connectivity index (χ0v) is 12.9. The zero-order chi connectivity index (χ0) is 15.4. The van der Waals surface area contributed by atoms with E-state index in [9.17, 15) is 4.79 Å². The van der Waals surface area contributed by atoms with E-state index in [1.807, 2.05) is 31.2 Å². The lowest BCUT2D eigenvalue weighted by atomic mass is 10.0. The SMILES string of the molecule is CCOc1ccccc1NC(=O)Cc1ccc2c(c1)CCC2. The topological polar surface area (TPSA) is 38.3 Å². The van der Waals surface area contributed by atoms with Crippen molar-refractivity contribution >= 4 is 11.6 Å². The molecule has 0 saturated carbocycles. The van der Waals surface area contributed by atoms with Gasteiger partial charge in [-0.15, -0.1) is 0 Å². The molecule has 22 heavy (non-hydrogen) atoms. The number of nitrogens with one attached hydrogen (secondary N) is 1. The lowest BCUT2D eigenvalue weighted by Gasteiger charge is -2.11. The van der Waals surface area contributed by atoms with Crippen LogP contribution in [-0.4, -0.2) is 12.5 Å². The van der Waals surface area contributed by atoms with E-state index in [1.54, 1.807) is 0 Å². The Labute approximate surface area is 131 Å². The lowest BCUT2D eigenvalue weighted by molar-refractivity contribution is -0.115. The van der Waals surface area contributed by atoms with E-state index in [4.69, 9.17) is 4.74 Å². The van der Waals surface area contributed by atoms with Crippen LogP contribution in [0.15, 0.2) is 42.5 Å². The van der Waals surface area contributed by atoms with Gasteiger partial charge in [-0.2, -0.15) is 0 Å². The molecule has 1 N–H and O–H groups in total. The summed E-state index contributed by atoms with van der Waals surface area (Å²) in [6.07, 6.45) is 3.93. The fraction of sp³-hybridized carbons (Fsp3) is 0.316. The lowest BCUT2D eigenvalue weighted by Crippen LogP contribution is -2.15. The van der Waals surface area contributed by atoms with Gasteiger partial charge in [0.1, 0.15) is 5.75 Å². The third kappa shape index (κ3) is 3.30. The quantitative estimate of drug-likeness (QED) is 0.912. The molecule has 0 spiro atoms. The normalized spacial score (nSPS) is 12.8. The molecule has 114 valence electrons. The van der Waals surface area contributed by atoms with Gasteiger partial charge in [-0.05, 0) is 55.0 Å². The summed E-state index contributed by atoms with van der Waals surface area (Å²) in [6, 6.07) is 13.9. The molecule has 2 aromatic rings. The number of carbonyl (C=O) groups is 1. The van der Waals surface area contributed by atoms with Crippen LogP contribution in [0, 0.1) is 0 Å². The van der Waals surface area contributed by atoms with Gasteiger partial charge in [-0.1, -0.05) is 30.3 Å². The van der Waals surface area contributed by atoms with E-state index in [1.165, 1.54) is 24.0 Å². The highest BCUT2D eigenvalue weighted by Crippen LogP contribution is 2.25. The molecule has 0 unspecified atom stereocenters. The summed E-state index contributed by atoms with van der Waals surface area (Å²) in [5.41, 5.74) is 4.65. The summed E-state index contributed by atoms with van der Waals surface area (Å²) in [6.45, 7) is 2.51. The Morgan fingerprint density at radius 3 is 2.82 bits per heavy atom. The first-order valence-corrected chi connectivity index (χ1v) is 7.88. The van der Waals surface area contributed by atoms with Crippen LogP contribution in [0.4, 0.5) is 5.69 Å². The minimum Gasteiger partial charge on any atom is -0.492 e. The summed E-state index contributed by atoms with van der Waals surface area (Å²) >= 11 is 0. The van der Waals surface area contributed by atoms with Crippen LogP contribution >= 0.6 is 0 Å². The van der Waals surface area contributed by atoms with E-state index >= 15 is 0 Å². The number of ether oxygens (including phenoxy) is 1. The maximum Gasteiger partial charge on any atom is 0.228 e. The number of hydrogen-bond acceptors (Lipinski definition) is 2. The van der Waals surface area contributed by atoms with Gasteiger partial charge in [0.25, 0.3) is 0 Å². The van der Waals surface area contributed by atoms with E-state index in [0.717, 1.165) is 17.7 Å². The predicted molar refractivity (Wildman–Crippen MR) is 88.4 cm³/mol. The van der Waals surface area contributed by atoms with E-state index in [0.29, 0.717) is 18.8 Å². The molecule has 0 fully saturated rings. The molecule has 1 aliphatic carbocycles. The largest absolute Gasteiger partial charge is 0.492 e. The molecule has 0 atom stereocenters. The van der Waals surface area contributed by atoms with E-state index in [2.05, 4.69) is 23.5 Å². The second kappa shape index (κ2) is 6.65. The minimum atomic E-state index is -0.00917. The van der Waals surface area contributed by atoms with Gasteiger partial charge in [-0.25, -0.2) is 0 Å². The first kappa shape index (κ1) is 14.6. The van der Waals surface area contributed by atoms with Crippen LogP contribution in [0.25, 0.3) is 0 Å². The Morgan fingerprint density at radius 2 is 1.95 bits per heavy atom. The van der Waals surface area contributed by atoms with Crippen molar-refractivity contribution in [1.82, 2.24) is 0 Å². The molecule has 0 heterocycles. The Hall–Kier alpha value is -2.29. The number of para-hydroxylation sites is 2. The van der Waals surface area contributed by atoms with E-state index < -0.39 is 0 Å². The number of anilines is 1.